The van der Waals surface area contributed by atoms with Crippen LogP contribution in [-0.4, -0.2) is 52.6 Å². The first-order chi connectivity index (χ1) is 14.1. The molecule has 1 unspecified atom stereocenters. The molecule has 2 saturated heterocycles. The summed E-state index contributed by atoms with van der Waals surface area (Å²) in [4.78, 5) is 26.2. The lowest BCUT2D eigenvalue weighted by molar-refractivity contribution is -0.138. The van der Waals surface area contributed by atoms with E-state index in [2.05, 4.69) is 26.7 Å². The van der Waals surface area contributed by atoms with E-state index in [1.807, 2.05) is 37.4 Å². The number of carbonyl (C=O) groups is 1. The van der Waals surface area contributed by atoms with Gasteiger partial charge in [-0.25, -0.2) is 9.97 Å². The van der Waals surface area contributed by atoms with Gasteiger partial charge in [-0.1, -0.05) is 18.2 Å². The standard InChI is InChI=1S/C23H30N4O2/c1-18-7-3-4-8-20(18)29-16-21(28)27-13-6-10-23(27)9-5-12-26(14-11-23)22-19(2)15-24-17-25-22/h3-4,7-8,15,17H,5-6,9-14,16H2,1-2H3. The van der Waals surface area contributed by atoms with Crippen molar-refractivity contribution in [3.05, 3.63) is 47.9 Å². The zero-order chi connectivity index (χ0) is 20.3. The van der Waals surface area contributed by atoms with Crippen LogP contribution in [0.25, 0.3) is 0 Å². The number of rotatable bonds is 4. The number of hydrogen-bond donors (Lipinski definition) is 0. The summed E-state index contributed by atoms with van der Waals surface area (Å²) in [7, 11) is 0. The van der Waals surface area contributed by atoms with Crippen LogP contribution in [0.3, 0.4) is 0 Å². The molecule has 2 aliphatic heterocycles. The summed E-state index contributed by atoms with van der Waals surface area (Å²) in [6.07, 6.45) is 8.74. The normalized spacial score (nSPS) is 22.0. The van der Waals surface area contributed by atoms with Crippen molar-refractivity contribution in [1.29, 1.82) is 0 Å². The quantitative estimate of drug-likeness (QED) is 0.794. The second kappa shape index (κ2) is 8.39. The molecule has 1 spiro atoms. The van der Waals surface area contributed by atoms with Gasteiger partial charge in [0.2, 0.25) is 0 Å². The Hall–Kier alpha value is -2.63. The van der Waals surface area contributed by atoms with Gasteiger partial charge in [-0.15, -0.1) is 0 Å². The Morgan fingerprint density at radius 1 is 1.07 bits per heavy atom. The van der Waals surface area contributed by atoms with Crippen LogP contribution in [0.4, 0.5) is 5.82 Å². The van der Waals surface area contributed by atoms with Gasteiger partial charge in [-0.05, 0) is 57.6 Å². The topological polar surface area (TPSA) is 58.6 Å². The lowest BCUT2D eigenvalue weighted by atomic mass is 9.87. The molecule has 2 aromatic rings. The van der Waals surface area contributed by atoms with Gasteiger partial charge in [-0.3, -0.25) is 4.79 Å². The summed E-state index contributed by atoms with van der Waals surface area (Å²) in [6, 6.07) is 7.86. The molecule has 29 heavy (non-hydrogen) atoms. The minimum Gasteiger partial charge on any atom is -0.484 e. The molecular formula is C23H30N4O2. The Morgan fingerprint density at radius 2 is 1.86 bits per heavy atom. The lowest BCUT2D eigenvalue weighted by Gasteiger charge is -2.38. The second-order valence-corrected chi connectivity index (χ2v) is 8.30. The molecule has 0 aliphatic carbocycles. The number of para-hydroxylation sites is 1. The minimum atomic E-state index is -0.0398. The first kappa shape index (κ1) is 19.7. The summed E-state index contributed by atoms with van der Waals surface area (Å²) >= 11 is 0. The van der Waals surface area contributed by atoms with Gasteiger partial charge in [0, 0.05) is 36.9 Å². The lowest BCUT2D eigenvalue weighted by Crippen LogP contribution is -2.49. The molecule has 4 rings (SSSR count). The molecule has 1 amide bonds. The average molecular weight is 395 g/mol. The molecule has 0 bridgehead atoms. The van der Waals surface area contributed by atoms with Crippen molar-refractivity contribution in [3.63, 3.8) is 0 Å². The Bertz CT molecular complexity index is 871. The maximum absolute atomic E-state index is 13.1. The predicted molar refractivity (Wildman–Crippen MR) is 113 cm³/mol. The molecule has 2 aliphatic rings. The van der Waals surface area contributed by atoms with E-state index >= 15 is 0 Å². The fraction of sp³-hybridized carbons (Fsp3) is 0.522. The zero-order valence-corrected chi connectivity index (χ0v) is 17.4. The predicted octanol–water partition coefficient (Wildman–Crippen LogP) is 3.52. The van der Waals surface area contributed by atoms with Gasteiger partial charge < -0.3 is 14.5 Å². The third-order valence-electron chi connectivity index (χ3n) is 6.43. The largest absolute Gasteiger partial charge is 0.484 e. The van der Waals surface area contributed by atoms with Crippen LogP contribution < -0.4 is 9.64 Å². The van der Waals surface area contributed by atoms with E-state index in [0.717, 1.165) is 74.4 Å². The third kappa shape index (κ3) is 4.07. The van der Waals surface area contributed by atoms with E-state index in [1.165, 1.54) is 0 Å². The molecule has 1 atom stereocenters. The van der Waals surface area contributed by atoms with E-state index in [0.29, 0.717) is 0 Å². The van der Waals surface area contributed by atoms with Crippen LogP contribution >= 0.6 is 0 Å². The molecular weight excluding hydrogens is 364 g/mol. The fourth-order valence-electron chi connectivity index (χ4n) is 4.90. The SMILES string of the molecule is Cc1ccccc1OCC(=O)N1CCCC12CCCN(c1ncncc1C)CC2. The van der Waals surface area contributed by atoms with Crippen molar-refractivity contribution in [2.75, 3.05) is 31.1 Å². The average Bonchev–Trinajstić information content (AvgIpc) is 3.02. The number of anilines is 1. The Kier molecular flexibility index (Phi) is 5.69. The highest BCUT2D eigenvalue weighted by molar-refractivity contribution is 5.79. The van der Waals surface area contributed by atoms with Crippen LogP contribution in [0.15, 0.2) is 36.8 Å². The van der Waals surface area contributed by atoms with Crippen molar-refractivity contribution in [2.45, 2.75) is 51.5 Å². The highest BCUT2D eigenvalue weighted by atomic mass is 16.5. The molecule has 1 aromatic carbocycles. The van der Waals surface area contributed by atoms with Crippen molar-refractivity contribution >= 4 is 11.7 Å². The highest BCUT2D eigenvalue weighted by Gasteiger charge is 2.44. The van der Waals surface area contributed by atoms with E-state index in [1.54, 1.807) is 6.33 Å². The maximum atomic E-state index is 13.1. The number of likely N-dealkylation sites (tertiary alicyclic amines) is 1. The summed E-state index contributed by atoms with van der Waals surface area (Å²) in [5.41, 5.74) is 2.12. The Balaban J connectivity index is 1.43. The summed E-state index contributed by atoms with van der Waals surface area (Å²) in [5, 5.41) is 0. The number of amides is 1. The molecule has 6 heteroatoms. The van der Waals surface area contributed by atoms with Crippen LogP contribution in [0.1, 0.15) is 43.2 Å². The fourth-order valence-corrected chi connectivity index (χ4v) is 4.90. The molecule has 0 N–H and O–H groups in total. The molecule has 154 valence electrons. The van der Waals surface area contributed by atoms with Gasteiger partial charge in [0.25, 0.3) is 5.91 Å². The molecule has 0 saturated carbocycles. The van der Waals surface area contributed by atoms with Crippen molar-refractivity contribution in [1.82, 2.24) is 14.9 Å². The molecule has 3 heterocycles. The van der Waals surface area contributed by atoms with Crippen molar-refractivity contribution in [2.24, 2.45) is 0 Å². The molecule has 6 nitrogen and oxygen atoms in total. The molecule has 2 fully saturated rings. The van der Waals surface area contributed by atoms with Crippen LogP contribution in [-0.2, 0) is 4.79 Å². The summed E-state index contributed by atoms with van der Waals surface area (Å²) in [6.45, 7) is 6.90. The molecule has 0 radical (unpaired) electrons. The molecule has 1 aromatic heterocycles. The Morgan fingerprint density at radius 3 is 2.66 bits per heavy atom. The third-order valence-corrected chi connectivity index (χ3v) is 6.43. The monoisotopic (exact) mass is 394 g/mol. The smallest absolute Gasteiger partial charge is 0.260 e. The number of benzene rings is 1. The van der Waals surface area contributed by atoms with Gasteiger partial charge >= 0.3 is 0 Å². The van der Waals surface area contributed by atoms with Gasteiger partial charge in [0.15, 0.2) is 6.61 Å². The van der Waals surface area contributed by atoms with Crippen LogP contribution in [0, 0.1) is 13.8 Å². The Labute approximate surface area is 172 Å². The first-order valence-electron chi connectivity index (χ1n) is 10.6. The highest BCUT2D eigenvalue weighted by Crippen LogP contribution is 2.39. The number of hydrogen-bond acceptors (Lipinski definition) is 5. The first-order valence-corrected chi connectivity index (χ1v) is 10.6. The van der Waals surface area contributed by atoms with Crippen LogP contribution in [0.5, 0.6) is 5.75 Å². The number of nitrogens with zero attached hydrogens (tertiary/aromatic N) is 4. The number of carbonyl (C=O) groups excluding carboxylic acids is 1. The maximum Gasteiger partial charge on any atom is 0.260 e. The van der Waals surface area contributed by atoms with Gasteiger partial charge in [0.1, 0.15) is 17.9 Å². The van der Waals surface area contributed by atoms with E-state index in [9.17, 15) is 4.79 Å². The van der Waals surface area contributed by atoms with E-state index in [-0.39, 0.29) is 18.1 Å². The van der Waals surface area contributed by atoms with Crippen LogP contribution in [0.2, 0.25) is 0 Å². The van der Waals surface area contributed by atoms with E-state index in [4.69, 9.17) is 4.74 Å². The van der Waals surface area contributed by atoms with Gasteiger partial charge in [-0.2, -0.15) is 0 Å². The second-order valence-electron chi connectivity index (χ2n) is 8.30. The summed E-state index contributed by atoms with van der Waals surface area (Å²) < 4.78 is 5.86. The number of aromatic nitrogens is 2. The minimum absolute atomic E-state index is 0.0398. The summed E-state index contributed by atoms with van der Waals surface area (Å²) in [5.74, 6) is 1.92. The van der Waals surface area contributed by atoms with Gasteiger partial charge in [0.05, 0.1) is 0 Å². The zero-order valence-electron chi connectivity index (χ0n) is 17.4. The number of aryl methyl sites for hydroxylation is 2. The van der Waals surface area contributed by atoms with E-state index < -0.39 is 0 Å². The van der Waals surface area contributed by atoms with Crippen molar-refractivity contribution < 1.29 is 9.53 Å². The number of ether oxygens (including phenoxy) is 1. The van der Waals surface area contributed by atoms with Crippen molar-refractivity contribution in [3.8, 4) is 5.75 Å².